The molecule has 0 spiro atoms. The van der Waals surface area contributed by atoms with Crippen LogP contribution in [0.15, 0.2) is 16.6 Å². The smallest absolute Gasteiger partial charge is 0.152 e. The number of benzene rings is 1. The summed E-state index contributed by atoms with van der Waals surface area (Å²) in [6.07, 6.45) is 0. The van der Waals surface area contributed by atoms with Crippen LogP contribution in [0.25, 0.3) is 0 Å². The molecule has 4 nitrogen and oxygen atoms in total. The highest BCUT2D eigenvalue weighted by Crippen LogP contribution is 2.34. The van der Waals surface area contributed by atoms with Crippen LogP contribution in [0.5, 0.6) is 5.75 Å². The second-order valence-electron chi connectivity index (χ2n) is 5.07. The molecule has 0 saturated heterocycles. The van der Waals surface area contributed by atoms with Crippen LogP contribution in [0, 0.1) is 6.92 Å². The summed E-state index contributed by atoms with van der Waals surface area (Å²) in [5, 5.41) is 3.93. The van der Waals surface area contributed by atoms with Crippen LogP contribution in [0.1, 0.15) is 5.56 Å². The largest absolute Gasteiger partial charge is 0.488 e. The number of hydrogen-bond acceptors (Lipinski definition) is 4. The van der Waals surface area contributed by atoms with Crippen LogP contribution in [0.2, 0.25) is 5.02 Å². The monoisotopic (exact) mass is 378 g/mol. The molecule has 0 aliphatic carbocycles. The van der Waals surface area contributed by atoms with Gasteiger partial charge in [0, 0.05) is 19.6 Å². The zero-order valence-electron chi connectivity index (χ0n) is 12.9. The lowest BCUT2D eigenvalue weighted by molar-refractivity contribution is 0.101. The molecule has 0 bridgehead atoms. The molecule has 0 radical (unpaired) electrons. The van der Waals surface area contributed by atoms with Gasteiger partial charge in [-0.3, -0.25) is 0 Å². The summed E-state index contributed by atoms with van der Waals surface area (Å²) in [5.41, 5.74) is 1.10. The third-order valence-electron chi connectivity index (χ3n) is 2.78. The average molecular weight is 380 g/mol. The second kappa shape index (κ2) is 10.4. The molecule has 6 heteroatoms. The number of hydrogen-bond donors (Lipinski definition) is 1. The Bertz CT molecular complexity index is 407. The minimum Gasteiger partial charge on any atom is -0.488 e. The molecule has 1 N–H and O–H groups in total. The molecular formula is C15H24BrClN2O2. The number of likely N-dealkylation sites (N-methyl/N-ethyl adjacent to an activating group) is 1. The predicted octanol–water partition coefficient (Wildman–Crippen LogP) is 2.96. The fraction of sp³-hybridized carbons (Fsp3) is 0.600. The van der Waals surface area contributed by atoms with Gasteiger partial charge in [-0.25, -0.2) is 0 Å². The van der Waals surface area contributed by atoms with E-state index in [1.807, 2.05) is 19.1 Å². The van der Waals surface area contributed by atoms with Crippen molar-refractivity contribution in [3.05, 3.63) is 27.2 Å². The average Bonchev–Trinajstić information content (AvgIpc) is 2.38. The first-order valence-corrected chi connectivity index (χ1v) is 8.19. The Hall–Kier alpha value is -0.330. The van der Waals surface area contributed by atoms with Gasteiger partial charge < -0.3 is 19.7 Å². The maximum atomic E-state index is 6.15. The van der Waals surface area contributed by atoms with Crippen LogP contribution in [-0.2, 0) is 4.74 Å². The van der Waals surface area contributed by atoms with Crippen molar-refractivity contribution in [3.8, 4) is 5.75 Å². The lowest BCUT2D eigenvalue weighted by atomic mass is 10.2. The van der Waals surface area contributed by atoms with Crippen molar-refractivity contribution in [2.24, 2.45) is 0 Å². The minimum atomic E-state index is 0.485. The van der Waals surface area contributed by atoms with E-state index < -0.39 is 0 Å². The van der Waals surface area contributed by atoms with Gasteiger partial charge in [0.1, 0.15) is 6.61 Å². The summed E-state index contributed by atoms with van der Waals surface area (Å²) in [6.45, 7) is 6.56. The Labute approximate surface area is 140 Å². The Morgan fingerprint density at radius 2 is 1.95 bits per heavy atom. The molecule has 0 amide bonds. The highest BCUT2D eigenvalue weighted by atomic mass is 79.9. The Balaban J connectivity index is 2.10. The van der Waals surface area contributed by atoms with Crippen LogP contribution >= 0.6 is 27.5 Å². The molecule has 0 aliphatic heterocycles. The van der Waals surface area contributed by atoms with E-state index in [2.05, 4.69) is 40.2 Å². The van der Waals surface area contributed by atoms with Crippen LogP contribution in [-0.4, -0.2) is 58.5 Å². The van der Waals surface area contributed by atoms with E-state index in [0.717, 1.165) is 29.7 Å². The number of halogens is 2. The van der Waals surface area contributed by atoms with Crippen molar-refractivity contribution in [3.63, 3.8) is 0 Å². The van der Waals surface area contributed by atoms with E-state index in [4.69, 9.17) is 21.1 Å². The number of aryl methyl sites for hydroxylation is 1. The lowest BCUT2D eigenvalue weighted by Gasteiger charge is -2.12. The molecule has 1 aromatic rings. The Morgan fingerprint density at radius 3 is 2.62 bits per heavy atom. The van der Waals surface area contributed by atoms with Crippen molar-refractivity contribution in [1.82, 2.24) is 10.2 Å². The number of ether oxygens (including phenoxy) is 2. The zero-order valence-corrected chi connectivity index (χ0v) is 15.3. The number of nitrogens with one attached hydrogen (secondary N) is 1. The molecular weight excluding hydrogens is 356 g/mol. The first kappa shape index (κ1) is 18.7. The van der Waals surface area contributed by atoms with Gasteiger partial charge in [-0.2, -0.15) is 0 Å². The van der Waals surface area contributed by atoms with Crippen molar-refractivity contribution in [2.45, 2.75) is 6.92 Å². The molecule has 0 heterocycles. The van der Waals surface area contributed by atoms with Gasteiger partial charge in [-0.05, 0) is 54.6 Å². The summed E-state index contributed by atoms with van der Waals surface area (Å²) >= 11 is 9.60. The third kappa shape index (κ3) is 8.02. The van der Waals surface area contributed by atoms with E-state index >= 15 is 0 Å². The summed E-state index contributed by atoms with van der Waals surface area (Å²) in [4.78, 5) is 2.14. The zero-order chi connectivity index (χ0) is 15.7. The van der Waals surface area contributed by atoms with Crippen LogP contribution in [0.3, 0.4) is 0 Å². The summed E-state index contributed by atoms with van der Waals surface area (Å²) < 4.78 is 12.0. The first-order valence-electron chi connectivity index (χ1n) is 7.02. The van der Waals surface area contributed by atoms with Crippen molar-refractivity contribution < 1.29 is 9.47 Å². The van der Waals surface area contributed by atoms with E-state index in [-0.39, 0.29) is 0 Å². The molecule has 0 atom stereocenters. The molecule has 0 unspecified atom stereocenters. The van der Waals surface area contributed by atoms with Crippen molar-refractivity contribution in [2.75, 3.05) is 53.6 Å². The summed E-state index contributed by atoms with van der Waals surface area (Å²) in [7, 11) is 4.12. The van der Waals surface area contributed by atoms with Gasteiger partial charge in [-0.1, -0.05) is 11.6 Å². The van der Waals surface area contributed by atoms with Gasteiger partial charge in [-0.15, -0.1) is 0 Å². The van der Waals surface area contributed by atoms with Crippen molar-refractivity contribution in [1.29, 1.82) is 0 Å². The topological polar surface area (TPSA) is 33.7 Å². The Kier molecular flexibility index (Phi) is 9.27. The molecule has 21 heavy (non-hydrogen) atoms. The van der Waals surface area contributed by atoms with Gasteiger partial charge in [0.15, 0.2) is 5.75 Å². The standard InChI is InChI=1S/C15H24BrClN2O2/c1-12-10-13(16)15(14(17)11-12)21-9-8-20-7-5-18-4-6-19(2)3/h10-11,18H,4-9H2,1-3H3. The van der Waals surface area contributed by atoms with Crippen LogP contribution < -0.4 is 10.1 Å². The van der Waals surface area contributed by atoms with Gasteiger partial charge >= 0.3 is 0 Å². The maximum absolute atomic E-state index is 6.15. The fourth-order valence-corrected chi connectivity index (χ4v) is 2.83. The van der Waals surface area contributed by atoms with E-state index in [1.54, 1.807) is 0 Å². The molecule has 120 valence electrons. The molecule has 0 saturated carbocycles. The molecule has 1 aromatic carbocycles. The SMILES string of the molecule is Cc1cc(Cl)c(OCCOCCNCCN(C)C)c(Br)c1. The first-order chi connectivity index (χ1) is 10.0. The summed E-state index contributed by atoms with van der Waals surface area (Å²) in [6, 6.07) is 3.87. The molecule has 0 aromatic heterocycles. The van der Waals surface area contributed by atoms with Gasteiger partial charge in [0.05, 0.1) is 22.7 Å². The molecule has 0 aliphatic rings. The number of rotatable bonds is 10. The normalized spacial score (nSPS) is 11.1. The molecule has 1 rings (SSSR count). The van der Waals surface area contributed by atoms with Gasteiger partial charge in [0.2, 0.25) is 0 Å². The maximum Gasteiger partial charge on any atom is 0.152 e. The van der Waals surface area contributed by atoms with E-state index in [9.17, 15) is 0 Å². The highest BCUT2D eigenvalue weighted by Gasteiger charge is 2.07. The van der Waals surface area contributed by atoms with Crippen LogP contribution in [0.4, 0.5) is 0 Å². The summed E-state index contributed by atoms with van der Waals surface area (Å²) in [5.74, 6) is 0.676. The third-order valence-corrected chi connectivity index (χ3v) is 3.65. The lowest BCUT2D eigenvalue weighted by Crippen LogP contribution is -2.29. The number of nitrogens with zero attached hydrogens (tertiary/aromatic N) is 1. The fourth-order valence-electron chi connectivity index (χ4n) is 1.70. The second-order valence-corrected chi connectivity index (χ2v) is 6.33. The quantitative estimate of drug-likeness (QED) is 0.634. The molecule has 0 fully saturated rings. The highest BCUT2D eigenvalue weighted by molar-refractivity contribution is 9.10. The van der Waals surface area contributed by atoms with E-state index in [0.29, 0.717) is 30.6 Å². The van der Waals surface area contributed by atoms with Gasteiger partial charge in [0.25, 0.3) is 0 Å². The minimum absolute atomic E-state index is 0.485. The van der Waals surface area contributed by atoms with Crippen molar-refractivity contribution >= 4 is 27.5 Å². The Morgan fingerprint density at radius 1 is 1.19 bits per heavy atom. The predicted molar refractivity (Wildman–Crippen MR) is 91.6 cm³/mol. The van der Waals surface area contributed by atoms with E-state index in [1.165, 1.54) is 0 Å².